The van der Waals surface area contributed by atoms with Crippen LogP contribution in [0, 0.1) is 6.92 Å². The second kappa shape index (κ2) is 11.3. The first-order valence-electron chi connectivity index (χ1n) is 11.4. The Morgan fingerprint density at radius 2 is 1.90 bits per heavy atom. The number of aliphatic imine (C=N–C) groups is 1. The molecule has 2 N–H and O–H groups in total. The van der Waals surface area contributed by atoms with Crippen LogP contribution in [0.25, 0.3) is 5.69 Å². The van der Waals surface area contributed by atoms with E-state index < -0.39 is 0 Å². The van der Waals surface area contributed by atoms with E-state index in [2.05, 4.69) is 66.7 Å². The van der Waals surface area contributed by atoms with Gasteiger partial charge in [-0.25, -0.2) is 4.68 Å². The quantitative estimate of drug-likeness (QED) is 0.367. The minimum Gasteiger partial charge on any atom is -0.379 e. The van der Waals surface area contributed by atoms with Crippen molar-refractivity contribution in [1.29, 1.82) is 0 Å². The molecule has 3 rings (SSSR count). The minimum atomic E-state index is 0.0231. The molecule has 7 heteroatoms. The first-order valence-corrected chi connectivity index (χ1v) is 11.4. The van der Waals surface area contributed by atoms with Crippen LogP contribution in [0.3, 0.4) is 0 Å². The summed E-state index contributed by atoms with van der Waals surface area (Å²) < 4.78 is 7.46. The van der Waals surface area contributed by atoms with Gasteiger partial charge >= 0.3 is 0 Å². The minimum absolute atomic E-state index is 0.0231. The number of nitrogens with zero attached hydrogens (tertiary/aromatic N) is 4. The lowest BCUT2D eigenvalue weighted by atomic mass is 10.0. The number of aromatic nitrogens is 2. The number of ether oxygens (including phenoxy) is 1. The molecule has 2 heterocycles. The highest BCUT2D eigenvalue weighted by Gasteiger charge is 2.28. The normalized spacial score (nSPS) is 15.8. The maximum Gasteiger partial charge on any atom is 0.191 e. The van der Waals surface area contributed by atoms with Gasteiger partial charge in [-0.2, -0.15) is 5.10 Å². The third-order valence-corrected chi connectivity index (χ3v) is 5.77. The summed E-state index contributed by atoms with van der Waals surface area (Å²) in [5.74, 6) is 0.889. The highest BCUT2D eigenvalue weighted by Crippen LogP contribution is 2.16. The SMILES string of the molecule is CCNC(=NCC(C)(C)N1CCOCC1)NCCCc1cn(-c2ccccc2)nc1C. The zero-order chi connectivity index (χ0) is 22.1. The lowest BCUT2D eigenvalue weighted by molar-refractivity contribution is -0.00683. The van der Waals surface area contributed by atoms with E-state index in [0.717, 1.165) is 76.1 Å². The second-order valence-electron chi connectivity index (χ2n) is 8.66. The molecule has 0 aliphatic carbocycles. The molecule has 1 aromatic heterocycles. The van der Waals surface area contributed by atoms with Crippen LogP contribution in [-0.2, 0) is 11.2 Å². The zero-order valence-electron chi connectivity index (χ0n) is 19.5. The summed E-state index contributed by atoms with van der Waals surface area (Å²) in [5, 5.41) is 11.5. The average Bonchev–Trinajstić information content (AvgIpc) is 3.16. The van der Waals surface area contributed by atoms with Crippen LogP contribution < -0.4 is 10.6 Å². The Morgan fingerprint density at radius 1 is 1.16 bits per heavy atom. The van der Waals surface area contributed by atoms with Gasteiger partial charge in [-0.15, -0.1) is 0 Å². The fraction of sp³-hybridized carbons (Fsp3) is 0.583. The Bertz CT molecular complexity index is 824. The topological polar surface area (TPSA) is 66.7 Å². The molecule has 0 amide bonds. The molecule has 7 nitrogen and oxygen atoms in total. The zero-order valence-corrected chi connectivity index (χ0v) is 19.5. The van der Waals surface area contributed by atoms with Crippen molar-refractivity contribution in [2.45, 2.75) is 46.1 Å². The summed E-state index contributed by atoms with van der Waals surface area (Å²) in [5.41, 5.74) is 3.51. The maximum absolute atomic E-state index is 5.49. The number of aryl methyl sites for hydroxylation is 2. The van der Waals surface area contributed by atoms with E-state index in [-0.39, 0.29) is 5.54 Å². The van der Waals surface area contributed by atoms with Gasteiger partial charge in [-0.05, 0) is 58.2 Å². The predicted octanol–water partition coefficient (Wildman–Crippen LogP) is 2.78. The van der Waals surface area contributed by atoms with Crippen LogP contribution in [0.1, 0.15) is 38.4 Å². The van der Waals surface area contributed by atoms with E-state index in [9.17, 15) is 0 Å². The molecule has 0 spiro atoms. The molecule has 0 bridgehead atoms. The number of benzene rings is 1. The Morgan fingerprint density at radius 3 is 2.61 bits per heavy atom. The third kappa shape index (κ3) is 6.80. The molecule has 1 aliphatic heterocycles. The van der Waals surface area contributed by atoms with Crippen molar-refractivity contribution in [3.8, 4) is 5.69 Å². The number of morpholine rings is 1. The molecule has 0 atom stereocenters. The van der Waals surface area contributed by atoms with E-state index >= 15 is 0 Å². The van der Waals surface area contributed by atoms with Gasteiger partial charge in [-0.1, -0.05) is 18.2 Å². The highest BCUT2D eigenvalue weighted by atomic mass is 16.5. The van der Waals surface area contributed by atoms with Gasteiger partial charge < -0.3 is 15.4 Å². The van der Waals surface area contributed by atoms with E-state index in [4.69, 9.17) is 9.73 Å². The van der Waals surface area contributed by atoms with Crippen LogP contribution in [0.5, 0.6) is 0 Å². The predicted molar refractivity (Wildman–Crippen MR) is 127 cm³/mol. The van der Waals surface area contributed by atoms with Gasteiger partial charge in [0.05, 0.1) is 31.1 Å². The highest BCUT2D eigenvalue weighted by molar-refractivity contribution is 5.79. The van der Waals surface area contributed by atoms with E-state index in [1.807, 2.05) is 22.9 Å². The summed E-state index contributed by atoms with van der Waals surface area (Å²) in [6, 6.07) is 10.3. The molecule has 31 heavy (non-hydrogen) atoms. The van der Waals surface area contributed by atoms with Crippen molar-refractivity contribution in [1.82, 2.24) is 25.3 Å². The molecule has 2 aromatic rings. The molecule has 1 aliphatic rings. The fourth-order valence-electron chi connectivity index (χ4n) is 3.82. The number of hydrogen-bond acceptors (Lipinski definition) is 4. The summed E-state index contributed by atoms with van der Waals surface area (Å²) in [6.07, 6.45) is 4.16. The molecule has 0 unspecified atom stereocenters. The number of guanidine groups is 1. The van der Waals surface area contributed by atoms with Crippen LogP contribution in [0.2, 0.25) is 0 Å². The molecule has 1 aromatic carbocycles. The molecular weight excluding hydrogens is 388 g/mol. The fourth-order valence-corrected chi connectivity index (χ4v) is 3.82. The number of hydrogen-bond donors (Lipinski definition) is 2. The van der Waals surface area contributed by atoms with E-state index in [0.29, 0.717) is 0 Å². The number of rotatable bonds is 9. The molecule has 0 saturated carbocycles. The molecule has 1 saturated heterocycles. The summed E-state index contributed by atoms with van der Waals surface area (Å²) >= 11 is 0. The molecule has 0 radical (unpaired) electrons. The lowest BCUT2D eigenvalue weighted by Crippen LogP contribution is -2.52. The first kappa shape index (κ1) is 23.3. The van der Waals surface area contributed by atoms with Gasteiger partial charge in [0.1, 0.15) is 0 Å². The van der Waals surface area contributed by atoms with Crippen molar-refractivity contribution in [2.75, 3.05) is 45.9 Å². The van der Waals surface area contributed by atoms with E-state index in [1.54, 1.807) is 0 Å². The average molecular weight is 427 g/mol. The maximum atomic E-state index is 5.49. The Hall–Kier alpha value is -2.38. The molecule has 170 valence electrons. The molecular formula is C24H38N6O. The van der Waals surface area contributed by atoms with Gasteiger partial charge in [0.25, 0.3) is 0 Å². The van der Waals surface area contributed by atoms with E-state index in [1.165, 1.54) is 5.56 Å². The first-order chi connectivity index (χ1) is 15.0. The van der Waals surface area contributed by atoms with Gasteiger partial charge in [0.15, 0.2) is 5.96 Å². The Kier molecular flexibility index (Phi) is 8.49. The van der Waals surface area contributed by atoms with Crippen molar-refractivity contribution in [2.24, 2.45) is 4.99 Å². The molecule has 1 fully saturated rings. The monoisotopic (exact) mass is 426 g/mol. The summed E-state index contributed by atoms with van der Waals surface area (Å²) in [6.45, 7) is 14.8. The van der Waals surface area contributed by atoms with Crippen LogP contribution >= 0.6 is 0 Å². The van der Waals surface area contributed by atoms with Gasteiger partial charge in [0, 0.05) is 37.9 Å². The van der Waals surface area contributed by atoms with Crippen LogP contribution in [0.4, 0.5) is 0 Å². The van der Waals surface area contributed by atoms with Gasteiger partial charge in [-0.3, -0.25) is 9.89 Å². The van der Waals surface area contributed by atoms with Gasteiger partial charge in [0.2, 0.25) is 0 Å². The third-order valence-electron chi connectivity index (χ3n) is 5.77. The smallest absolute Gasteiger partial charge is 0.191 e. The second-order valence-corrected chi connectivity index (χ2v) is 8.66. The lowest BCUT2D eigenvalue weighted by Gasteiger charge is -2.39. The number of para-hydroxylation sites is 1. The largest absolute Gasteiger partial charge is 0.379 e. The Labute approximate surface area is 186 Å². The summed E-state index contributed by atoms with van der Waals surface area (Å²) in [7, 11) is 0. The Balaban J connectivity index is 1.49. The van der Waals surface area contributed by atoms with Crippen molar-refractivity contribution in [3.05, 3.63) is 47.8 Å². The standard InChI is InChI=1S/C24H38N6O/c1-5-25-23(27-19-24(3,4)29-14-16-31-17-15-29)26-13-9-10-21-18-30(28-20(21)2)22-11-7-6-8-12-22/h6-8,11-12,18H,5,9-10,13-17,19H2,1-4H3,(H2,25,26,27). The van der Waals surface area contributed by atoms with Crippen molar-refractivity contribution < 1.29 is 4.74 Å². The van der Waals surface area contributed by atoms with Crippen molar-refractivity contribution >= 4 is 5.96 Å². The van der Waals surface area contributed by atoms with Crippen molar-refractivity contribution in [3.63, 3.8) is 0 Å². The van der Waals surface area contributed by atoms with Crippen LogP contribution in [-0.4, -0.2) is 72.1 Å². The summed E-state index contributed by atoms with van der Waals surface area (Å²) in [4.78, 5) is 7.33. The number of nitrogens with one attached hydrogen (secondary N) is 2. The van der Waals surface area contributed by atoms with Crippen LogP contribution in [0.15, 0.2) is 41.5 Å².